The molecule has 0 amide bonds. The van der Waals surface area contributed by atoms with Crippen LogP contribution in [0.15, 0.2) is 25.7 Å². The Kier molecular flexibility index (Phi) is 4.42. The summed E-state index contributed by atoms with van der Waals surface area (Å²) in [6.07, 6.45) is 2.01. The highest BCUT2D eigenvalue weighted by Gasteiger charge is 2.19. The van der Waals surface area contributed by atoms with Crippen LogP contribution in [0.25, 0.3) is 11.6 Å². The molecule has 2 aromatic heterocycles. The Hall–Kier alpha value is -0.850. The molecule has 1 aliphatic heterocycles. The normalized spacial score (nSPS) is 18.8. The molecule has 0 spiro atoms. The number of hydrogen-bond acceptors (Lipinski definition) is 5. The zero-order valence-corrected chi connectivity index (χ0v) is 12.0. The fraction of sp³-hybridized carbons (Fsp3) is 0.455. The van der Waals surface area contributed by atoms with Crippen LogP contribution in [0.4, 0.5) is 0 Å². The molecule has 5 nitrogen and oxygen atoms in total. The molecule has 0 radical (unpaired) electrons. The summed E-state index contributed by atoms with van der Waals surface area (Å²) in [4.78, 5) is 4.34. The summed E-state index contributed by atoms with van der Waals surface area (Å²) in [5.74, 6) is 2.42. The van der Waals surface area contributed by atoms with E-state index in [9.17, 15) is 0 Å². The van der Waals surface area contributed by atoms with Gasteiger partial charge in [0.25, 0.3) is 0 Å². The molecule has 1 atom stereocenters. The van der Waals surface area contributed by atoms with E-state index in [1.165, 1.54) is 6.42 Å². The van der Waals surface area contributed by atoms with Gasteiger partial charge in [0.2, 0.25) is 11.7 Å². The second kappa shape index (κ2) is 5.86. The largest absolute Gasteiger partial charge is 0.446 e. The molecule has 3 rings (SSSR count). The molecular weight excluding hydrogens is 321 g/mol. The molecule has 98 valence electrons. The van der Waals surface area contributed by atoms with E-state index < -0.39 is 0 Å². The Labute approximate surface area is 119 Å². The van der Waals surface area contributed by atoms with Gasteiger partial charge in [-0.15, -0.1) is 12.4 Å². The van der Waals surface area contributed by atoms with Crippen LogP contribution in [-0.4, -0.2) is 23.2 Å². The molecule has 0 saturated carbocycles. The van der Waals surface area contributed by atoms with Gasteiger partial charge < -0.3 is 14.3 Å². The molecule has 0 aliphatic carbocycles. The summed E-state index contributed by atoms with van der Waals surface area (Å²) < 4.78 is 11.3. The molecule has 7 heteroatoms. The van der Waals surface area contributed by atoms with Gasteiger partial charge in [-0.3, -0.25) is 0 Å². The van der Waals surface area contributed by atoms with Gasteiger partial charge in [-0.05, 0) is 53.5 Å². The molecule has 0 bridgehead atoms. The molecule has 1 N–H and O–H groups in total. The number of aromatic nitrogens is 2. The lowest BCUT2D eigenvalue weighted by Gasteiger charge is -2.01. The average Bonchev–Trinajstić information content (AvgIpc) is 2.99. The monoisotopic (exact) mass is 333 g/mol. The van der Waals surface area contributed by atoms with Gasteiger partial charge in [0.1, 0.15) is 0 Å². The van der Waals surface area contributed by atoms with Crippen LogP contribution in [0.1, 0.15) is 12.3 Å². The van der Waals surface area contributed by atoms with E-state index in [-0.39, 0.29) is 12.4 Å². The second-order valence-electron chi connectivity index (χ2n) is 4.18. The first kappa shape index (κ1) is 13.6. The third kappa shape index (κ3) is 2.93. The van der Waals surface area contributed by atoms with Crippen molar-refractivity contribution in [2.45, 2.75) is 12.8 Å². The predicted molar refractivity (Wildman–Crippen MR) is 71.6 cm³/mol. The summed E-state index contributed by atoms with van der Waals surface area (Å²) >= 11 is 3.25. The van der Waals surface area contributed by atoms with E-state index in [0.717, 1.165) is 19.5 Å². The van der Waals surface area contributed by atoms with Crippen molar-refractivity contribution < 1.29 is 8.94 Å². The Balaban J connectivity index is 0.00000120. The number of rotatable bonds is 3. The van der Waals surface area contributed by atoms with E-state index in [0.29, 0.717) is 28.1 Å². The van der Waals surface area contributed by atoms with Gasteiger partial charge in [-0.25, -0.2) is 0 Å². The fourth-order valence-corrected chi connectivity index (χ4v) is 2.31. The smallest absolute Gasteiger partial charge is 0.238 e. The van der Waals surface area contributed by atoms with E-state index in [4.69, 9.17) is 8.94 Å². The quantitative estimate of drug-likeness (QED) is 0.935. The number of nitrogens with one attached hydrogen (secondary N) is 1. The van der Waals surface area contributed by atoms with E-state index >= 15 is 0 Å². The standard InChI is InChI=1S/C11H12BrN3O2.ClH/c12-9-2-1-8(16-9)11-14-10(17-15-11)5-7-3-4-13-6-7;/h1-2,7,13H,3-6H2;1H. The lowest BCUT2D eigenvalue weighted by molar-refractivity contribution is 0.357. The molecule has 3 heterocycles. The highest BCUT2D eigenvalue weighted by atomic mass is 79.9. The predicted octanol–water partition coefficient (Wildman–Crippen LogP) is 2.67. The van der Waals surface area contributed by atoms with Crippen LogP contribution >= 0.6 is 28.3 Å². The molecule has 1 unspecified atom stereocenters. The highest BCUT2D eigenvalue weighted by molar-refractivity contribution is 9.10. The zero-order valence-electron chi connectivity index (χ0n) is 9.56. The average molecular weight is 335 g/mol. The number of furan rings is 1. The lowest BCUT2D eigenvalue weighted by atomic mass is 10.1. The van der Waals surface area contributed by atoms with E-state index in [2.05, 4.69) is 31.4 Å². The lowest BCUT2D eigenvalue weighted by Crippen LogP contribution is -2.10. The first-order valence-corrected chi connectivity index (χ1v) is 6.39. The minimum Gasteiger partial charge on any atom is -0.446 e. The van der Waals surface area contributed by atoms with Crippen molar-refractivity contribution in [3.05, 3.63) is 22.7 Å². The van der Waals surface area contributed by atoms with Crippen molar-refractivity contribution in [1.29, 1.82) is 0 Å². The van der Waals surface area contributed by atoms with Gasteiger partial charge in [-0.1, -0.05) is 5.16 Å². The third-order valence-corrected chi connectivity index (χ3v) is 3.31. The molecule has 2 aromatic rings. The van der Waals surface area contributed by atoms with Crippen LogP contribution in [0.3, 0.4) is 0 Å². The minimum absolute atomic E-state index is 0. The van der Waals surface area contributed by atoms with Crippen molar-refractivity contribution in [2.24, 2.45) is 5.92 Å². The minimum atomic E-state index is 0. The summed E-state index contributed by atoms with van der Waals surface area (Å²) in [5, 5.41) is 7.24. The van der Waals surface area contributed by atoms with Crippen LogP contribution in [0, 0.1) is 5.92 Å². The topological polar surface area (TPSA) is 64.1 Å². The molecular formula is C11H13BrClN3O2. The summed E-state index contributed by atoms with van der Waals surface area (Å²) in [6.45, 7) is 2.11. The summed E-state index contributed by atoms with van der Waals surface area (Å²) in [5.41, 5.74) is 0. The zero-order chi connectivity index (χ0) is 11.7. The Morgan fingerprint density at radius 2 is 2.33 bits per heavy atom. The summed E-state index contributed by atoms with van der Waals surface area (Å²) in [6, 6.07) is 3.63. The molecule has 1 aliphatic rings. The Morgan fingerprint density at radius 1 is 1.44 bits per heavy atom. The maximum Gasteiger partial charge on any atom is 0.238 e. The van der Waals surface area contributed by atoms with Gasteiger partial charge in [0, 0.05) is 6.42 Å². The van der Waals surface area contributed by atoms with Crippen LogP contribution in [-0.2, 0) is 6.42 Å². The van der Waals surface area contributed by atoms with Crippen molar-refractivity contribution in [3.8, 4) is 11.6 Å². The first-order valence-electron chi connectivity index (χ1n) is 5.60. The number of nitrogens with zero attached hydrogens (tertiary/aromatic N) is 2. The maximum absolute atomic E-state index is 5.37. The van der Waals surface area contributed by atoms with Crippen LogP contribution in [0.5, 0.6) is 0 Å². The van der Waals surface area contributed by atoms with Crippen LogP contribution in [0.2, 0.25) is 0 Å². The van der Waals surface area contributed by atoms with Gasteiger partial charge in [0.15, 0.2) is 10.4 Å². The Morgan fingerprint density at radius 3 is 3.00 bits per heavy atom. The maximum atomic E-state index is 5.37. The Bertz CT molecular complexity index is 508. The van der Waals surface area contributed by atoms with E-state index in [1.807, 2.05) is 12.1 Å². The van der Waals surface area contributed by atoms with Crippen molar-refractivity contribution >= 4 is 28.3 Å². The van der Waals surface area contributed by atoms with Gasteiger partial charge in [0.05, 0.1) is 0 Å². The molecule has 1 saturated heterocycles. The number of halogens is 2. The molecule has 0 aromatic carbocycles. The second-order valence-corrected chi connectivity index (χ2v) is 4.96. The number of hydrogen-bond donors (Lipinski definition) is 1. The molecule has 18 heavy (non-hydrogen) atoms. The van der Waals surface area contributed by atoms with E-state index in [1.54, 1.807) is 0 Å². The van der Waals surface area contributed by atoms with Crippen molar-refractivity contribution in [3.63, 3.8) is 0 Å². The fourth-order valence-electron chi connectivity index (χ4n) is 2.01. The molecule has 1 fully saturated rings. The SMILES string of the molecule is Brc1ccc(-c2noc(CC3CCNC3)n2)o1.Cl. The third-order valence-electron chi connectivity index (χ3n) is 2.89. The van der Waals surface area contributed by atoms with Gasteiger partial charge in [-0.2, -0.15) is 4.98 Å². The first-order chi connectivity index (χ1) is 8.31. The summed E-state index contributed by atoms with van der Waals surface area (Å²) in [7, 11) is 0. The van der Waals surface area contributed by atoms with Crippen molar-refractivity contribution in [1.82, 2.24) is 15.5 Å². The van der Waals surface area contributed by atoms with Crippen LogP contribution < -0.4 is 5.32 Å². The van der Waals surface area contributed by atoms with Gasteiger partial charge >= 0.3 is 0 Å². The highest BCUT2D eigenvalue weighted by Crippen LogP contribution is 2.23. The van der Waals surface area contributed by atoms with Crippen molar-refractivity contribution in [2.75, 3.05) is 13.1 Å².